The van der Waals surface area contributed by atoms with E-state index in [0.29, 0.717) is 22.5 Å². The Morgan fingerprint density at radius 3 is 2.58 bits per heavy atom. The van der Waals surface area contributed by atoms with Crippen molar-refractivity contribution in [2.45, 2.75) is 12.1 Å². The summed E-state index contributed by atoms with van der Waals surface area (Å²) in [5, 5.41) is 13.4. The van der Waals surface area contributed by atoms with Crippen LogP contribution in [0.2, 0.25) is 0 Å². The maximum absolute atomic E-state index is 12.3. The summed E-state index contributed by atoms with van der Waals surface area (Å²) >= 11 is 4.76. The first-order valence-corrected chi connectivity index (χ1v) is 11.2. The maximum Gasteiger partial charge on any atom is 0.250 e. The fraction of sp³-hybridized carbons (Fsp3) is 0.0909. The molecule has 0 aliphatic carbocycles. The number of hydrogen-bond acceptors (Lipinski definition) is 6. The van der Waals surface area contributed by atoms with Gasteiger partial charge in [0.2, 0.25) is 0 Å². The Balaban J connectivity index is 1.54. The Labute approximate surface area is 191 Å². The van der Waals surface area contributed by atoms with Crippen molar-refractivity contribution in [3.8, 4) is 17.1 Å². The monoisotopic (exact) mass is 495 g/mol. The van der Waals surface area contributed by atoms with Crippen molar-refractivity contribution >= 4 is 39.3 Å². The molecule has 0 atom stereocenters. The van der Waals surface area contributed by atoms with Gasteiger partial charge in [0, 0.05) is 15.7 Å². The molecule has 0 saturated heterocycles. The number of hydrazone groups is 1. The average Bonchev–Trinajstić information content (AvgIpc) is 3.48. The number of nitrogens with zero attached hydrogens (tertiary/aromatic N) is 4. The number of carbonyl (C=O) groups is 1. The number of rotatable bonds is 7. The largest absolute Gasteiger partial charge is 0.463 e. The highest BCUT2D eigenvalue weighted by Gasteiger charge is 2.17. The van der Waals surface area contributed by atoms with Crippen LogP contribution in [0.3, 0.4) is 0 Å². The van der Waals surface area contributed by atoms with Gasteiger partial charge in [-0.25, -0.2) is 5.43 Å². The summed E-state index contributed by atoms with van der Waals surface area (Å²) in [7, 11) is 0. The zero-order valence-electron chi connectivity index (χ0n) is 16.5. The molecule has 1 amide bonds. The Hall–Kier alpha value is -3.17. The number of thioether (sulfide) groups is 1. The van der Waals surface area contributed by atoms with Crippen LogP contribution in [0.1, 0.15) is 12.7 Å². The lowest BCUT2D eigenvalue weighted by molar-refractivity contribution is -0.118. The van der Waals surface area contributed by atoms with Gasteiger partial charge in [-0.1, -0.05) is 58.0 Å². The summed E-state index contributed by atoms with van der Waals surface area (Å²) < 4.78 is 8.18. The van der Waals surface area contributed by atoms with Crippen LogP contribution in [-0.2, 0) is 4.79 Å². The standard InChI is InChI=1S/C22H18BrN5O2S/c1-15(19-8-5-13-30-19)24-25-20(29)14-31-22-27-26-21(16-6-3-2-4-7-16)28(22)18-11-9-17(23)10-12-18/h2-13H,14H2,1H3,(H,25,29)/b24-15+. The molecule has 9 heteroatoms. The molecule has 0 radical (unpaired) electrons. The molecule has 0 saturated carbocycles. The van der Waals surface area contributed by atoms with Crippen LogP contribution in [0.5, 0.6) is 0 Å². The summed E-state index contributed by atoms with van der Waals surface area (Å²) in [5.41, 5.74) is 4.98. The van der Waals surface area contributed by atoms with Crippen molar-refractivity contribution in [1.82, 2.24) is 20.2 Å². The normalized spacial score (nSPS) is 11.5. The molecule has 7 nitrogen and oxygen atoms in total. The lowest BCUT2D eigenvalue weighted by atomic mass is 10.2. The summed E-state index contributed by atoms with van der Waals surface area (Å²) in [6.07, 6.45) is 1.56. The van der Waals surface area contributed by atoms with Crippen LogP contribution in [0.4, 0.5) is 0 Å². The van der Waals surface area contributed by atoms with Crippen molar-refractivity contribution in [1.29, 1.82) is 0 Å². The first-order valence-electron chi connectivity index (χ1n) is 9.38. The quantitative estimate of drug-likeness (QED) is 0.223. The molecule has 0 unspecified atom stereocenters. The zero-order valence-corrected chi connectivity index (χ0v) is 18.9. The maximum atomic E-state index is 12.3. The van der Waals surface area contributed by atoms with Crippen molar-refractivity contribution in [2.24, 2.45) is 5.10 Å². The van der Waals surface area contributed by atoms with E-state index in [1.165, 1.54) is 11.8 Å². The van der Waals surface area contributed by atoms with E-state index in [-0.39, 0.29) is 11.7 Å². The van der Waals surface area contributed by atoms with E-state index in [0.717, 1.165) is 15.7 Å². The second-order valence-electron chi connectivity index (χ2n) is 6.48. The van der Waals surface area contributed by atoms with Crippen molar-refractivity contribution in [2.75, 3.05) is 5.75 Å². The highest BCUT2D eigenvalue weighted by molar-refractivity contribution is 9.10. The molecular formula is C22H18BrN5O2S. The molecule has 0 aliphatic rings. The molecule has 1 N–H and O–H groups in total. The number of benzene rings is 2. The minimum Gasteiger partial charge on any atom is -0.463 e. The topological polar surface area (TPSA) is 85.3 Å². The first kappa shape index (κ1) is 21.1. The van der Waals surface area contributed by atoms with Gasteiger partial charge in [-0.2, -0.15) is 5.10 Å². The Morgan fingerprint density at radius 2 is 1.87 bits per heavy atom. The smallest absolute Gasteiger partial charge is 0.250 e. The summed E-state index contributed by atoms with van der Waals surface area (Å²) in [6, 6.07) is 21.2. The van der Waals surface area contributed by atoms with E-state index >= 15 is 0 Å². The fourth-order valence-corrected chi connectivity index (χ4v) is 3.82. The molecule has 2 heterocycles. The number of nitrogens with one attached hydrogen (secondary N) is 1. The summed E-state index contributed by atoms with van der Waals surface area (Å²) in [5.74, 6) is 1.20. The van der Waals surface area contributed by atoms with Gasteiger partial charge in [0.1, 0.15) is 11.5 Å². The van der Waals surface area contributed by atoms with Crippen LogP contribution < -0.4 is 5.43 Å². The van der Waals surface area contributed by atoms with Crippen molar-refractivity contribution in [3.05, 3.63) is 83.2 Å². The van der Waals surface area contributed by atoms with Gasteiger partial charge in [-0.15, -0.1) is 10.2 Å². The molecule has 4 aromatic rings. The lowest BCUT2D eigenvalue weighted by Gasteiger charge is -2.10. The number of aromatic nitrogens is 3. The third-order valence-electron chi connectivity index (χ3n) is 4.31. The third kappa shape index (κ3) is 5.12. The molecule has 31 heavy (non-hydrogen) atoms. The zero-order chi connectivity index (χ0) is 21.6. The van der Waals surface area contributed by atoms with Crippen molar-refractivity contribution in [3.63, 3.8) is 0 Å². The highest BCUT2D eigenvalue weighted by atomic mass is 79.9. The number of halogens is 1. The van der Waals surface area contributed by atoms with Gasteiger partial charge in [-0.3, -0.25) is 9.36 Å². The minimum atomic E-state index is -0.248. The van der Waals surface area contributed by atoms with Crippen molar-refractivity contribution < 1.29 is 9.21 Å². The molecule has 0 aliphatic heterocycles. The van der Waals surface area contributed by atoms with E-state index < -0.39 is 0 Å². The predicted molar refractivity (Wildman–Crippen MR) is 124 cm³/mol. The number of carbonyl (C=O) groups excluding carboxylic acids is 1. The lowest BCUT2D eigenvalue weighted by Crippen LogP contribution is -2.21. The molecule has 0 spiro atoms. The second kappa shape index (κ2) is 9.76. The van der Waals surface area contributed by atoms with E-state index in [4.69, 9.17) is 4.42 Å². The Morgan fingerprint density at radius 1 is 1.10 bits per heavy atom. The molecule has 0 fully saturated rings. The molecular weight excluding hydrogens is 478 g/mol. The van der Waals surface area contributed by atoms with E-state index in [9.17, 15) is 4.79 Å². The van der Waals surface area contributed by atoms with Crippen LogP contribution >= 0.6 is 27.7 Å². The fourth-order valence-electron chi connectivity index (χ4n) is 2.81. The van der Waals surface area contributed by atoms with Gasteiger partial charge in [-0.05, 0) is 43.3 Å². The van der Waals surface area contributed by atoms with Gasteiger partial charge < -0.3 is 4.42 Å². The van der Waals surface area contributed by atoms with Crippen LogP contribution in [0.15, 0.2) is 92.1 Å². The van der Waals surface area contributed by atoms with Gasteiger partial charge in [0.25, 0.3) is 5.91 Å². The van der Waals surface area contributed by atoms with Crippen LogP contribution in [0, 0.1) is 0 Å². The van der Waals surface area contributed by atoms with Gasteiger partial charge in [0.05, 0.1) is 12.0 Å². The van der Waals surface area contributed by atoms with Gasteiger partial charge in [0.15, 0.2) is 11.0 Å². The third-order valence-corrected chi connectivity index (χ3v) is 5.77. The van der Waals surface area contributed by atoms with E-state index in [1.54, 1.807) is 25.3 Å². The molecule has 156 valence electrons. The first-order chi connectivity index (χ1) is 15.1. The van der Waals surface area contributed by atoms with Gasteiger partial charge >= 0.3 is 0 Å². The number of amides is 1. The SMILES string of the molecule is C/C(=N\NC(=O)CSc1nnc(-c2ccccc2)n1-c1ccc(Br)cc1)c1ccco1. The Kier molecular flexibility index (Phi) is 6.63. The van der Waals surface area contributed by atoms with E-state index in [1.807, 2.05) is 59.2 Å². The average molecular weight is 496 g/mol. The number of furan rings is 1. The summed E-state index contributed by atoms with van der Waals surface area (Å²) in [4.78, 5) is 12.3. The predicted octanol–water partition coefficient (Wildman–Crippen LogP) is 4.92. The molecule has 2 aromatic carbocycles. The van der Waals surface area contributed by atoms with Crippen LogP contribution in [0.25, 0.3) is 17.1 Å². The van der Waals surface area contributed by atoms with E-state index in [2.05, 4.69) is 36.7 Å². The molecule has 4 rings (SSSR count). The Bertz CT molecular complexity index is 1190. The minimum absolute atomic E-state index is 0.137. The molecule has 2 aromatic heterocycles. The second-order valence-corrected chi connectivity index (χ2v) is 8.34. The highest BCUT2D eigenvalue weighted by Crippen LogP contribution is 2.28. The van der Waals surface area contributed by atoms with Crippen LogP contribution in [-0.4, -0.2) is 32.1 Å². The molecule has 0 bridgehead atoms. The summed E-state index contributed by atoms with van der Waals surface area (Å²) in [6.45, 7) is 1.77. The number of hydrogen-bond donors (Lipinski definition) is 1.